The van der Waals surface area contributed by atoms with Gasteiger partial charge in [0, 0.05) is 6.54 Å². The molecular formula is C24H25NO4S2. The number of benzene rings is 3. The van der Waals surface area contributed by atoms with Gasteiger partial charge < -0.3 is 5.32 Å². The molecule has 1 heterocycles. The first kappa shape index (κ1) is 21.7. The van der Waals surface area contributed by atoms with E-state index in [0.29, 0.717) is 12.1 Å². The van der Waals surface area contributed by atoms with Crippen LogP contribution in [0.2, 0.25) is 0 Å². The molecule has 0 spiro atoms. The van der Waals surface area contributed by atoms with Crippen molar-refractivity contribution in [2.45, 2.75) is 34.4 Å². The highest BCUT2D eigenvalue weighted by molar-refractivity contribution is 7.96. The Balaban J connectivity index is 1.54. The van der Waals surface area contributed by atoms with Gasteiger partial charge in [-0.05, 0) is 54.3 Å². The Bertz CT molecular complexity index is 1260. The van der Waals surface area contributed by atoms with Crippen LogP contribution < -0.4 is 5.32 Å². The molecule has 162 valence electrons. The van der Waals surface area contributed by atoms with Crippen LogP contribution in [0.3, 0.4) is 0 Å². The van der Waals surface area contributed by atoms with Gasteiger partial charge in [-0.3, -0.25) is 0 Å². The van der Waals surface area contributed by atoms with Crippen LogP contribution in [0.5, 0.6) is 0 Å². The van der Waals surface area contributed by atoms with Crippen molar-refractivity contribution < 1.29 is 16.8 Å². The molecule has 0 radical (unpaired) electrons. The zero-order chi connectivity index (χ0) is 21.9. The van der Waals surface area contributed by atoms with Crippen molar-refractivity contribution in [3.8, 4) is 0 Å². The van der Waals surface area contributed by atoms with Crippen molar-refractivity contribution in [3.05, 3.63) is 95.6 Å². The highest BCUT2D eigenvalue weighted by Crippen LogP contribution is 2.42. The number of fused-ring (bicyclic) bond motifs is 1. The van der Waals surface area contributed by atoms with Gasteiger partial charge in [0.05, 0.1) is 15.5 Å². The lowest BCUT2D eigenvalue weighted by molar-refractivity contribution is 0.581. The van der Waals surface area contributed by atoms with Crippen LogP contribution in [-0.2, 0) is 32.6 Å². The minimum absolute atomic E-state index is 0.139. The molecule has 5 nitrogen and oxygen atoms in total. The maximum atomic E-state index is 13.3. The quantitative estimate of drug-likeness (QED) is 0.524. The average Bonchev–Trinajstić information content (AvgIpc) is 3.07. The minimum atomic E-state index is -3.82. The summed E-state index contributed by atoms with van der Waals surface area (Å²) in [5.41, 5.74) is 2.41. The molecule has 0 aromatic heterocycles. The SMILES string of the molecule is O=S1(=O)CC(S(=O)(=O)c2ccccc2)c2c(CNCCCc3ccccc3)cccc21. The van der Waals surface area contributed by atoms with Crippen molar-refractivity contribution in [2.24, 2.45) is 0 Å². The molecule has 1 N–H and O–H groups in total. The number of hydrogen-bond acceptors (Lipinski definition) is 5. The summed E-state index contributed by atoms with van der Waals surface area (Å²) < 4.78 is 52.1. The maximum Gasteiger partial charge on any atom is 0.186 e. The predicted molar refractivity (Wildman–Crippen MR) is 121 cm³/mol. The van der Waals surface area contributed by atoms with Gasteiger partial charge in [-0.2, -0.15) is 0 Å². The predicted octanol–water partition coefficient (Wildman–Crippen LogP) is 3.71. The van der Waals surface area contributed by atoms with E-state index in [1.54, 1.807) is 24.3 Å². The number of aryl methyl sites for hydroxylation is 1. The normalized spacial score (nSPS) is 17.4. The third-order valence-electron chi connectivity index (χ3n) is 5.61. The summed E-state index contributed by atoms with van der Waals surface area (Å²) in [4.78, 5) is 0.286. The first-order chi connectivity index (χ1) is 14.9. The van der Waals surface area contributed by atoms with Gasteiger partial charge >= 0.3 is 0 Å². The molecule has 31 heavy (non-hydrogen) atoms. The smallest absolute Gasteiger partial charge is 0.186 e. The molecule has 1 unspecified atom stereocenters. The molecule has 3 aromatic rings. The molecule has 0 saturated carbocycles. The molecule has 0 aliphatic carbocycles. The Morgan fingerprint density at radius 3 is 2.26 bits per heavy atom. The highest BCUT2D eigenvalue weighted by atomic mass is 32.2. The van der Waals surface area contributed by atoms with Crippen LogP contribution in [0, 0.1) is 0 Å². The van der Waals surface area contributed by atoms with Gasteiger partial charge in [-0.25, -0.2) is 16.8 Å². The van der Waals surface area contributed by atoms with E-state index in [9.17, 15) is 16.8 Å². The third kappa shape index (κ3) is 4.59. The van der Waals surface area contributed by atoms with Gasteiger partial charge in [-0.15, -0.1) is 0 Å². The molecule has 0 fully saturated rings. The summed E-state index contributed by atoms with van der Waals surface area (Å²) in [5.74, 6) is -0.412. The summed E-state index contributed by atoms with van der Waals surface area (Å²) in [6, 6.07) is 23.3. The lowest BCUT2D eigenvalue weighted by Gasteiger charge is -2.16. The second kappa shape index (κ2) is 8.94. The zero-order valence-corrected chi connectivity index (χ0v) is 18.7. The fourth-order valence-electron chi connectivity index (χ4n) is 4.06. The standard InChI is InChI=1S/C24H25NO4S2/c26-30(27)18-23(31(28,29)21-13-5-2-6-14-21)24-20(12-7-15-22(24)30)17-25-16-8-11-19-9-3-1-4-10-19/h1-7,9-10,12-15,23,25H,8,11,16-18H2. The average molecular weight is 456 g/mol. The Hall–Kier alpha value is -2.48. The third-order valence-corrected chi connectivity index (χ3v) is 9.70. The second-order valence-electron chi connectivity index (χ2n) is 7.72. The number of nitrogens with one attached hydrogen (secondary N) is 1. The van der Waals surface area contributed by atoms with E-state index in [1.807, 2.05) is 24.3 Å². The number of rotatable bonds is 8. The van der Waals surface area contributed by atoms with Crippen molar-refractivity contribution in [3.63, 3.8) is 0 Å². The van der Waals surface area contributed by atoms with Gasteiger partial charge in [0.1, 0.15) is 5.25 Å². The summed E-state index contributed by atoms with van der Waals surface area (Å²) in [7, 11) is -7.47. The van der Waals surface area contributed by atoms with Gasteiger partial charge in [-0.1, -0.05) is 60.7 Å². The van der Waals surface area contributed by atoms with Crippen molar-refractivity contribution in [1.29, 1.82) is 0 Å². The Morgan fingerprint density at radius 2 is 1.55 bits per heavy atom. The summed E-state index contributed by atoms with van der Waals surface area (Å²) in [5, 5.41) is 2.27. The molecule has 1 aliphatic rings. The largest absolute Gasteiger partial charge is 0.313 e. The van der Waals surface area contributed by atoms with E-state index in [-0.39, 0.29) is 9.79 Å². The maximum absolute atomic E-state index is 13.3. The fourth-order valence-corrected chi connectivity index (χ4v) is 8.48. The summed E-state index contributed by atoms with van der Waals surface area (Å²) in [6.07, 6.45) is 1.88. The molecule has 3 aromatic carbocycles. The summed E-state index contributed by atoms with van der Waals surface area (Å²) >= 11 is 0. The molecule has 0 saturated heterocycles. The molecule has 1 aliphatic heterocycles. The van der Waals surface area contributed by atoms with Crippen LogP contribution in [0.1, 0.15) is 28.4 Å². The van der Waals surface area contributed by atoms with Crippen molar-refractivity contribution in [1.82, 2.24) is 5.32 Å². The first-order valence-corrected chi connectivity index (χ1v) is 13.5. The molecule has 4 rings (SSSR count). The summed E-state index contributed by atoms with van der Waals surface area (Å²) in [6.45, 7) is 1.18. The van der Waals surface area contributed by atoms with E-state index in [4.69, 9.17) is 0 Å². The van der Waals surface area contributed by atoms with Crippen LogP contribution in [0.15, 0.2) is 88.7 Å². The fraction of sp³-hybridized carbons (Fsp3) is 0.250. The molecular weight excluding hydrogens is 430 g/mol. The van der Waals surface area contributed by atoms with Crippen molar-refractivity contribution in [2.75, 3.05) is 12.3 Å². The van der Waals surface area contributed by atoms with Gasteiger partial charge in [0.15, 0.2) is 19.7 Å². The highest BCUT2D eigenvalue weighted by Gasteiger charge is 2.44. The molecule has 7 heteroatoms. The number of hydrogen-bond donors (Lipinski definition) is 1. The monoisotopic (exact) mass is 455 g/mol. The van der Waals surface area contributed by atoms with E-state index in [1.165, 1.54) is 23.8 Å². The minimum Gasteiger partial charge on any atom is -0.313 e. The van der Waals surface area contributed by atoms with E-state index in [2.05, 4.69) is 17.4 Å². The topological polar surface area (TPSA) is 80.3 Å². The Kier molecular flexibility index (Phi) is 6.27. The molecule has 0 bridgehead atoms. The van der Waals surface area contributed by atoms with Crippen LogP contribution in [-0.4, -0.2) is 29.1 Å². The van der Waals surface area contributed by atoms with Crippen molar-refractivity contribution >= 4 is 19.7 Å². The first-order valence-electron chi connectivity index (χ1n) is 10.3. The molecule has 0 amide bonds. The van der Waals surface area contributed by atoms with Gasteiger partial charge in [0.2, 0.25) is 0 Å². The van der Waals surface area contributed by atoms with Crippen LogP contribution in [0.25, 0.3) is 0 Å². The van der Waals surface area contributed by atoms with Gasteiger partial charge in [0.25, 0.3) is 0 Å². The number of sulfone groups is 2. The second-order valence-corrected chi connectivity index (χ2v) is 11.9. The van der Waals surface area contributed by atoms with E-state index >= 15 is 0 Å². The lowest BCUT2D eigenvalue weighted by atomic mass is 10.0. The van der Waals surface area contributed by atoms with E-state index in [0.717, 1.165) is 24.9 Å². The van der Waals surface area contributed by atoms with Crippen LogP contribution in [0.4, 0.5) is 0 Å². The Morgan fingerprint density at radius 1 is 0.871 bits per heavy atom. The van der Waals surface area contributed by atoms with E-state index < -0.39 is 30.7 Å². The zero-order valence-electron chi connectivity index (χ0n) is 17.1. The Labute approximate surface area is 184 Å². The van der Waals surface area contributed by atoms with Crippen LogP contribution >= 0.6 is 0 Å². The lowest BCUT2D eigenvalue weighted by Crippen LogP contribution is -2.20. The molecule has 1 atom stereocenters.